The molecule has 0 fully saturated rings. The van der Waals surface area contributed by atoms with Gasteiger partial charge in [-0.3, -0.25) is 0 Å². The van der Waals surface area contributed by atoms with Gasteiger partial charge in [-0.25, -0.2) is 0 Å². The maximum absolute atomic E-state index is 5.40. The van der Waals surface area contributed by atoms with Crippen LogP contribution in [0.1, 0.15) is 19.4 Å². The van der Waals surface area contributed by atoms with Crippen LogP contribution in [0.4, 0.5) is 0 Å². The number of nitrogens with zero attached hydrogens (tertiary/aromatic N) is 1. The molecule has 1 aromatic carbocycles. The summed E-state index contributed by atoms with van der Waals surface area (Å²) >= 11 is 3.46. The Morgan fingerprint density at radius 3 is 2.72 bits per heavy atom. The van der Waals surface area contributed by atoms with Crippen LogP contribution < -0.4 is 10.1 Å². The SMILES string of the molecule is COc1cc(Br)ccc1CN(C)CCNC(C)C. The van der Waals surface area contributed by atoms with Crippen LogP contribution in [0.15, 0.2) is 22.7 Å². The van der Waals surface area contributed by atoms with Gasteiger partial charge in [0.1, 0.15) is 5.75 Å². The average Bonchev–Trinajstić information content (AvgIpc) is 2.31. The van der Waals surface area contributed by atoms with Crippen LogP contribution in [-0.4, -0.2) is 38.2 Å². The summed E-state index contributed by atoms with van der Waals surface area (Å²) in [6.45, 7) is 7.26. The Morgan fingerprint density at radius 2 is 2.11 bits per heavy atom. The van der Waals surface area contributed by atoms with E-state index in [1.165, 1.54) is 5.56 Å². The molecule has 0 saturated heterocycles. The highest BCUT2D eigenvalue weighted by Gasteiger charge is 2.07. The van der Waals surface area contributed by atoms with Crippen molar-refractivity contribution >= 4 is 15.9 Å². The third-order valence-corrected chi connectivity index (χ3v) is 3.23. The van der Waals surface area contributed by atoms with Gasteiger partial charge in [-0.05, 0) is 19.2 Å². The van der Waals surface area contributed by atoms with Crippen LogP contribution in [0, 0.1) is 0 Å². The van der Waals surface area contributed by atoms with Crippen LogP contribution in [0.3, 0.4) is 0 Å². The molecule has 1 aromatic rings. The van der Waals surface area contributed by atoms with Crippen molar-refractivity contribution in [1.82, 2.24) is 10.2 Å². The highest BCUT2D eigenvalue weighted by atomic mass is 79.9. The molecule has 0 aliphatic carbocycles. The lowest BCUT2D eigenvalue weighted by Crippen LogP contribution is -2.32. The summed E-state index contributed by atoms with van der Waals surface area (Å²) in [7, 11) is 3.84. The summed E-state index contributed by atoms with van der Waals surface area (Å²) < 4.78 is 6.45. The van der Waals surface area contributed by atoms with Crippen molar-refractivity contribution in [1.29, 1.82) is 0 Å². The van der Waals surface area contributed by atoms with E-state index in [-0.39, 0.29) is 0 Å². The summed E-state index contributed by atoms with van der Waals surface area (Å²) in [5.41, 5.74) is 1.22. The highest BCUT2D eigenvalue weighted by molar-refractivity contribution is 9.10. The van der Waals surface area contributed by atoms with E-state index >= 15 is 0 Å². The number of hydrogen-bond donors (Lipinski definition) is 1. The molecule has 102 valence electrons. The summed E-state index contributed by atoms with van der Waals surface area (Å²) in [5, 5.41) is 3.42. The molecule has 0 aliphatic rings. The molecule has 18 heavy (non-hydrogen) atoms. The minimum absolute atomic E-state index is 0.542. The number of methoxy groups -OCH3 is 1. The Bertz CT molecular complexity index is 369. The second-order valence-electron chi connectivity index (χ2n) is 4.80. The fourth-order valence-electron chi connectivity index (χ4n) is 1.76. The largest absolute Gasteiger partial charge is 0.496 e. The maximum atomic E-state index is 5.40. The normalized spacial score (nSPS) is 11.3. The van der Waals surface area contributed by atoms with Gasteiger partial charge >= 0.3 is 0 Å². The Kier molecular flexibility index (Phi) is 6.68. The van der Waals surface area contributed by atoms with Crippen molar-refractivity contribution in [2.24, 2.45) is 0 Å². The van der Waals surface area contributed by atoms with Crippen LogP contribution in [0.25, 0.3) is 0 Å². The number of benzene rings is 1. The van der Waals surface area contributed by atoms with Gasteiger partial charge in [0.15, 0.2) is 0 Å². The number of halogens is 1. The molecular weight excluding hydrogens is 292 g/mol. The third-order valence-electron chi connectivity index (χ3n) is 2.74. The van der Waals surface area contributed by atoms with Gasteiger partial charge in [-0.2, -0.15) is 0 Å². The van der Waals surface area contributed by atoms with Crippen LogP contribution in [0.2, 0.25) is 0 Å². The highest BCUT2D eigenvalue weighted by Crippen LogP contribution is 2.24. The van der Waals surface area contributed by atoms with E-state index < -0.39 is 0 Å². The Morgan fingerprint density at radius 1 is 1.39 bits per heavy atom. The number of hydrogen-bond acceptors (Lipinski definition) is 3. The average molecular weight is 315 g/mol. The van der Waals surface area contributed by atoms with Gasteiger partial charge in [0.05, 0.1) is 7.11 Å². The molecule has 0 spiro atoms. The van der Waals surface area contributed by atoms with Crippen molar-refractivity contribution < 1.29 is 4.74 Å². The summed E-state index contributed by atoms with van der Waals surface area (Å²) in [5.74, 6) is 0.938. The summed E-state index contributed by atoms with van der Waals surface area (Å²) in [6, 6.07) is 6.71. The van der Waals surface area contributed by atoms with Crippen molar-refractivity contribution in [3.05, 3.63) is 28.2 Å². The first-order chi connectivity index (χ1) is 8.52. The topological polar surface area (TPSA) is 24.5 Å². The fourth-order valence-corrected chi connectivity index (χ4v) is 2.10. The van der Waals surface area contributed by atoms with E-state index in [0.29, 0.717) is 6.04 Å². The van der Waals surface area contributed by atoms with Gasteiger partial charge < -0.3 is 15.0 Å². The summed E-state index contributed by atoms with van der Waals surface area (Å²) in [6.07, 6.45) is 0. The lowest BCUT2D eigenvalue weighted by atomic mass is 10.2. The Balaban J connectivity index is 2.50. The van der Waals surface area contributed by atoms with E-state index in [9.17, 15) is 0 Å². The second kappa shape index (κ2) is 7.77. The number of likely N-dealkylation sites (N-methyl/N-ethyl adjacent to an activating group) is 1. The lowest BCUT2D eigenvalue weighted by molar-refractivity contribution is 0.311. The summed E-state index contributed by atoms with van der Waals surface area (Å²) in [4.78, 5) is 2.29. The Hall–Kier alpha value is -0.580. The van der Waals surface area contributed by atoms with Crippen molar-refractivity contribution in [3.8, 4) is 5.75 Å². The van der Waals surface area contributed by atoms with Gasteiger partial charge in [0.25, 0.3) is 0 Å². The van der Waals surface area contributed by atoms with Crippen LogP contribution in [-0.2, 0) is 6.54 Å². The predicted molar refractivity (Wildman–Crippen MR) is 80.2 cm³/mol. The lowest BCUT2D eigenvalue weighted by Gasteiger charge is -2.19. The molecule has 0 bridgehead atoms. The molecule has 0 unspecified atom stereocenters. The molecule has 3 nitrogen and oxygen atoms in total. The molecule has 0 amide bonds. The van der Waals surface area contributed by atoms with E-state index in [1.54, 1.807) is 7.11 Å². The minimum Gasteiger partial charge on any atom is -0.496 e. The molecule has 1 rings (SSSR count). The van der Waals surface area contributed by atoms with Gasteiger partial charge in [0, 0.05) is 35.7 Å². The molecule has 0 saturated carbocycles. The number of rotatable bonds is 7. The zero-order valence-electron chi connectivity index (χ0n) is 11.7. The zero-order chi connectivity index (χ0) is 13.5. The standard InChI is InChI=1S/C14H23BrN2O/c1-11(2)16-7-8-17(3)10-12-5-6-13(15)9-14(12)18-4/h5-6,9,11,16H,7-8,10H2,1-4H3. The van der Waals surface area contributed by atoms with Gasteiger partial charge in [0.2, 0.25) is 0 Å². The first kappa shape index (κ1) is 15.5. The molecular formula is C14H23BrN2O. The third kappa shape index (κ3) is 5.38. The van der Waals surface area contributed by atoms with Gasteiger partial charge in [-0.1, -0.05) is 35.8 Å². The van der Waals surface area contributed by atoms with Crippen LogP contribution in [0.5, 0.6) is 5.75 Å². The first-order valence-corrected chi connectivity index (χ1v) is 7.06. The van der Waals surface area contributed by atoms with Crippen molar-refractivity contribution in [2.75, 3.05) is 27.2 Å². The minimum atomic E-state index is 0.542. The second-order valence-corrected chi connectivity index (χ2v) is 5.72. The molecule has 1 N–H and O–H groups in total. The maximum Gasteiger partial charge on any atom is 0.124 e. The van der Waals surface area contributed by atoms with E-state index in [0.717, 1.165) is 29.9 Å². The van der Waals surface area contributed by atoms with E-state index in [4.69, 9.17) is 4.74 Å². The molecule has 0 aliphatic heterocycles. The Labute approximate surface area is 119 Å². The van der Waals surface area contributed by atoms with Crippen molar-refractivity contribution in [2.45, 2.75) is 26.4 Å². The van der Waals surface area contributed by atoms with Gasteiger partial charge in [-0.15, -0.1) is 0 Å². The molecule has 0 atom stereocenters. The smallest absolute Gasteiger partial charge is 0.124 e. The molecule has 0 heterocycles. The number of ether oxygens (including phenoxy) is 1. The number of nitrogens with one attached hydrogen (secondary N) is 1. The molecule has 0 aromatic heterocycles. The first-order valence-electron chi connectivity index (χ1n) is 6.27. The molecule has 0 radical (unpaired) electrons. The van der Waals surface area contributed by atoms with E-state index in [1.807, 2.05) is 6.07 Å². The molecule has 4 heteroatoms. The zero-order valence-corrected chi connectivity index (χ0v) is 13.3. The predicted octanol–water partition coefficient (Wildman–Crippen LogP) is 2.89. The van der Waals surface area contributed by atoms with E-state index in [2.05, 4.69) is 59.2 Å². The van der Waals surface area contributed by atoms with Crippen molar-refractivity contribution in [3.63, 3.8) is 0 Å². The quantitative estimate of drug-likeness (QED) is 0.837. The fraction of sp³-hybridized carbons (Fsp3) is 0.571. The monoisotopic (exact) mass is 314 g/mol. The van der Waals surface area contributed by atoms with Crippen LogP contribution >= 0.6 is 15.9 Å².